The molecule has 0 aliphatic carbocycles. The van der Waals surface area contributed by atoms with Crippen LogP contribution in [0.25, 0.3) is 0 Å². The minimum Gasteiger partial charge on any atom is -0.352 e. The number of hydrogen-bond acceptors (Lipinski definition) is 4. The number of nitrogens with one attached hydrogen (secondary N) is 2. The summed E-state index contributed by atoms with van der Waals surface area (Å²) in [6.45, 7) is 0.268. The maximum Gasteiger partial charge on any atom is 0.312 e. The van der Waals surface area contributed by atoms with E-state index in [0.29, 0.717) is 11.1 Å². The van der Waals surface area contributed by atoms with Crippen molar-refractivity contribution in [1.82, 2.24) is 10.6 Å². The smallest absolute Gasteiger partial charge is 0.312 e. The molecule has 0 saturated carbocycles. The quantitative estimate of drug-likeness (QED) is 0.507. The molecule has 22 heavy (non-hydrogen) atoms. The summed E-state index contributed by atoms with van der Waals surface area (Å²) >= 11 is 0. The number of hydrogen-bond donors (Lipinski definition) is 4. The Morgan fingerprint density at radius 1 is 0.818 bits per heavy atom. The predicted molar refractivity (Wildman–Crippen MR) is 79.5 cm³/mol. The van der Waals surface area contributed by atoms with Crippen LogP contribution in [0.3, 0.4) is 0 Å². The second kappa shape index (κ2) is 8.40. The molecular weight excluding hydrogens is 288 g/mol. The number of Topliss-reactive ketones (excluding diaryl/α,β-unsaturated/α-hetero) is 2. The van der Waals surface area contributed by atoms with Crippen molar-refractivity contribution in [2.24, 2.45) is 11.5 Å². The van der Waals surface area contributed by atoms with Gasteiger partial charge in [-0.1, -0.05) is 18.2 Å². The van der Waals surface area contributed by atoms with Crippen molar-refractivity contribution in [2.75, 3.05) is 13.1 Å². The van der Waals surface area contributed by atoms with E-state index in [9.17, 15) is 19.2 Å². The van der Waals surface area contributed by atoms with Crippen molar-refractivity contribution < 1.29 is 19.2 Å². The van der Waals surface area contributed by atoms with E-state index >= 15 is 0 Å². The van der Waals surface area contributed by atoms with Gasteiger partial charge in [0.1, 0.15) is 0 Å². The molecule has 0 bridgehead atoms. The van der Waals surface area contributed by atoms with Gasteiger partial charge in [0.2, 0.25) is 0 Å². The number of urea groups is 2. The van der Waals surface area contributed by atoms with Crippen molar-refractivity contribution in [3.05, 3.63) is 35.4 Å². The zero-order chi connectivity index (χ0) is 16.5. The van der Waals surface area contributed by atoms with Crippen molar-refractivity contribution in [2.45, 2.75) is 12.8 Å². The van der Waals surface area contributed by atoms with Gasteiger partial charge < -0.3 is 22.1 Å². The fraction of sp³-hybridized carbons (Fsp3) is 0.286. The van der Waals surface area contributed by atoms with Crippen LogP contribution in [0.1, 0.15) is 33.6 Å². The van der Waals surface area contributed by atoms with E-state index in [2.05, 4.69) is 10.6 Å². The van der Waals surface area contributed by atoms with Gasteiger partial charge in [0, 0.05) is 37.1 Å². The average molecular weight is 306 g/mol. The first kappa shape index (κ1) is 17.2. The number of carbonyl (C=O) groups is 4. The highest BCUT2D eigenvalue weighted by atomic mass is 16.2. The molecule has 0 saturated heterocycles. The number of primary amides is 2. The van der Waals surface area contributed by atoms with Gasteiger partial charge in [-0.3, -0.25) is 9.59 Å². The Morgan fingerprint density at radius 2 is 1.23 bits per heavy atom. The highest BCUT2D eigenvalue weighted by Gasteiger charge is 2.11. The van der Waals surface area contributed by atoms with Gasteiger partial charge in [0.25, 0.3) is 0 Å². The fourth-order valence-corrected chi connectivity index (χ4v) is 1.75. The van der Waals surface area contributed by atoms with Crippen molar-refractivity contribution in [1.29, 1.82) is 0 Å². The van der Waals surface area contributed by atoms with E-state index in [1.807, 2.05) is 0 Å². The normalized spacial score (nSPS) is 9.82. The summed E-state index contributed by atoms with van der Waals surface area (Å²) in [5.74, 6) is -0.419. The molecule has 6 N–H and O–H groups in total. The third-order valence-electron chi connectivity index (χ3n) is 2.81. The van der Waals surface area contributed by atoms with Crippen LogP contribution in [0.15, 0.2) is 24.3 Å². The standard InChI is InChI=1S/C14H18N4O4/c15-13(21)17-6-4-11(19)9-2-1-3-10(8-9)12(20)5-7-18-14(16)22/h1-3,8H,4-7H2,(H3,15,17,21)(H3,16,18,22). The van der Waals surface area contributed by atoms with E-state index in [4.69, 9.17) is 11.5 Å². The van der Waals surface area contributed by atoms with Gasteiger partial charge in [0.05, 0.1) is 0 Å². The maximum atomic E-state index is 11.9. The lowest BCUT2D eigenvalue weighted by Crippen LogP contribution is -2.31. The van der Waals surface area contributed by atoms with Gasteiger partial charge in [-0.05, 0) is 6.07 Å². The lowest BCUT2D eigenvalue weighted by Gasteiger charge is -2.05. The van der Waals surface area contributed by atoms with Crippen LogP contribution >= 0.6 is 0 Å². The summed E-state index contributed by atoms with van der Waals surface area (Å²) in [5, 5.41) is 4.64. The number of carbonyl (C=O) groups excluding carboxylic acids is 4. The Labute approximate surface area is 127 Å². The zero-order valence-electron chi connectivity index (χ0n) is 11.9. The molecule has 0 spiro atoms. The molecule has 1 aromatic rings. The van der Waals surface area contributed by atoms with Crippen molar-refractivity contribution in [3.63, 3.8) is 0 Å². The molecule has 0 aliphatic rings. The molecule has 0 aliphatic heterocycles. The summed E-state index contributed by atoms with van der Waals surface area (Å²) in [6.07, 6.45) is 0.174. The number of benzene rings is 1. The summed E-state index contributed by atoms with van der Waals surface area (Å²) in [6, 6.07) is 4.87. The summed E-state index contributed by atoms with van der Waals surface area (Å²) < 4.78 is 0. The second-order valence-electron chi connectivity index (χ2n) is 4.51. The van der Waals surface area contributed by atoms with E-state index in [1.165, 1.54) is 6.07 Å². The average Bonchev–Trinajstić information content (AvgIpc) is 2.46. The molecule has 0 atom stereocenters. The zero-order valence-corrected chi connectivity index (χ0v) is 11.9. The summed E-state index contributed by atoms with van der Waals surface area (Å²) in [7, 11) is 0. The number of rotatable bonds is 8. The van der Waals surface area contributed by atoms with Crippen LogP contribution in [-0.2, 0) is 0 Å². The Kier molecular flexibility index (Phi) is 6.55. The Morgan fingerprint density at radius 3 is 1.59 bits per heavy atom. The van der Waals surface area contributed by atoms with Gasteiger partial charge in [-0.25, -0.2) is 9.59 Å². The molecule has 4 amide bonds. The molecular formula is C14H18N4O4. The minimum absolute atomic E-state index is 0.0871. The summed E-state index contributed by atoms with van der Waals surface area (Å²) in [4.78, 5) is 44.9. The largest absolute Gasteiger partial charge is 0.352 e. The fourth-order valence-electron chi connectivity index (χ4n) is 1.75. The maximum absolute atomic E-state index is 11.9. The third-order valence-corrected chi connectivity index (χ3v) is 2.81. The van der Waals surface area contributed by atoms with E-state index < -0.39 is 12.1 Å². The van der Waals surface area contributed by atoms with Gasteiger partial charge in [-0.15, -0.1) is 0 Å². The number of nitrogens with two attached hydrogens (primary N) is 2. The van der Waals surface area contributed by atoms with Crippen molar-refractivity contribution >= 4 is 23.6 Å². The molecule has 8 nitrogen and oxygen atoms in total. The molecule has 0 radical (unpaired) electrons. The molecule has 0 heterocycles. The molecule has 1 aromatic carbocycles. The highest BCUT2D eigenvalue weighted by Crippen LogP contribution is 2.10. The molecule has 0 unspecified atom stereocenters. The minimum atomic E-state index is -0.696. The SMILES string of the molecule is NC(=O)NCCC(=O)c1cccc(C(=O)CCNC(N)=O)c1. The molecule has 0 fully saturated rings. The van der Waals surface area contributed by atoms with E-state index in [1.54, 1.807) is 18.2 Å². The number of ketones is 2. The van der Waals surface area contributed by atoms with Crippen LogP contribution in [-0.4, -0.2) is 36.7 Å². The molecule has 0 aromatic heterocycles. The Hall–Kier alpha value is -2.90. The molecule has 8 heteroatoms. The second-order valence-corrected chi connectivity index (χ2v) is 4.51. The van der Waals surface area contributed by atoms with Crippen LogP contribution in [0.2, 0.25) is 0 Å². The highest BCUT2D eigenvalue weighted by molar-refractivity contribution is 6.01. The van der Waals surface area contributed by atoms with Crippen molar-refractivity contribution in [3.8, 4) is 0 Å². The van der Waals surface area contributed by atoms with E-state index in [0.717, 1.165) is 0 Å². The predicted octanol–water partition coefficient (Wildman–Crippen LogP) is 0.169. The van der Waals surface area contributed by atoms with E-state index in [-0.39, 0.29) is 37.5 Å². The van der Waals surface area contributed by atoms with Crippen LogP contribution in [0.4, 0.5) is 9.59 Å². The third kappa shape index (κ3) is 6.04. The van der Waals surface area contributed by atoms with Crippen LogP contribution < -0.4 is 22.1 Å². The van der Waals surface area contributed by atoms with Gasteiger partial charge in [0.15, 0.2) is 11.6 Å². The van der Waals surface area contributed by atoms with Gasteiger partial charge in [-0.2, -0.15) is 0 Å². The summed E-state index contributed by atoms with van der Waals surface area (Å²) in [5.41, 5.74) is 10.6. The topological polar surface area (TPSA) is 144 Å². The van der Waals surface area contributed by atoms with Gasteiger partial charge >= 0.3 is 12.1 Å². The number of amides is 4. The first-order valence-electron chi connectivity index (χ1n) is 6.63. The molecule has 1 rings (SSSR count). The Balaban J connectivity index is 2.60. The molecule has 118 valence electrons. The Bertz CT molecular complexity index is 539. The lowest BCUT2D eigenvalue weighted by atomic mass is 10.0. The van der Waals surface area contributed by atoms with Crippen LogP contribution in [0.5, 0.6) is 0 Å². The first-order chi connectivity index (χ1) is 10.4. The van der Waals surface area contributed by atoms with Crippen LogP contribution in [0, 0.1) is 0 Å². The first-order valence-corrected chi connectivity index (χ1v) is 6.63. The monoisotopic (exact) mass is 306 g/mol. The lowest BCUT2D eigenvalue weighted by molar-refractivity contribution is 0.0982.